The highest BCUT2D eigenvalue weighted by Gasteiger charge is 2.30. The van der Waals surface area contributed by atoms with Crippen LogP contribution in [0.2, 0.25) is 0 Å². The standard InChI is InChI=1S/C15H20N2O4/c18-9-7-12-6-8-16(10-12)15(21)17(11-14(19)20)13-4-2-1-3-5-13/h1-5,12,18H,6-11H2,(H,19,20). The van der Waals surface area contributed by atoms with Crippen molar-refractivity contribution in [1.29, 1.82) is 0 Å². The van der Waals surface area contributed by atoms with Crippen molar-refractivity contribution in [3.8, 4) is 0 Å². The maximum absolute atomic E-state index is 12.6. The Morgan fingerprint density at radius 1 is 1.29 bits per heavy atom. The first-order chi connectivity index (χ1) is 10.1. The second kappa shape index (κ2) is 7.08. The molecule has 1 aromatic carbocycles. The van der Waals surface area contributed by atoms with Gasteiger partial charge in [0.2, 0.25) is 0 Å². The van der Waals surface area contributed by atoms with E-state index >= 15 is 0 Å². The van der Waals surface area contributed by atoms with Crippen LogP contribution in [-0.2, 0) is 4.79 Å². The van der Waals surface area contributed by atoms with E-state index in [2.05, 4.69) is 0 Å². The molecule has 6 nitrogen and oxygen atoms in total. The number of para-hydroxylation sites is 1. The van der Waals surface area contributed by atoms with E-state index in [9.17, 15) is 9.59 Å². The van der Waals surface area contributed by atoms with Gasteiger partial charge in [-0.3, -0.25) is 9.69 Å². The van der Waals surface area contributed by atoms with E-state index in [4.69, 9.17) is 10.2 Å². The Morgan fingerprint density at radius 2 is 2.00 bits per heavy atom. The van der Waals surface area contributed by atoms with Crippen molar-refractivity contribution >= 4 is 17.7 Å². The summed E-state index contributed by atoms with van der Waals surface area (Å²) in [6, 6.07) is 8.53. The molecule has 2 amide bonds. The molecular formula is C15H20N2O4. The lowest BCUT2D eigenvalue weighted by Gasteiger charge is -2.27. The normalized spacial score (nSPS) is 17.8. The number of rotatable bonds is 5. The van der Waals surface area contributed by atoms with Gasteiger partial charge in [-0.25, -0.2) is 4.79 Å². The Kier molecular flexibility index (Phi) is 5.16. The zero-order valence-electron chi connectivity index (χ0n) is 11.8. The number of hydrogen-bond acceptors (Lipinski definition) is 3. The van der Waals surface area contributed by atoms with E-state index in [1.165, 1.54) is 4.90 Å². The number of anilines is 1. The van der Waals surface area contributed by atoms with Crippen molar-refractivity contribution in [2.24, 2.45) is 5.92 Å². The van der Waals surface area contributed by atoms with Crippen LogP contribution in [-0.4, -0.2) is 53.4 Å². The maximum atomic E-state index is 12.6. The zero-order chi connectivity index (χ0) is 15.2. The molecule has 0 aliphatic carbocycles. The van der Waals surface area contributed by atoms with Crippen molar-refractivity contribution in [3.63, 3.8) is 0 Å². The number of hydrogen-bond donors (Lipinski definition) is 2. The number of carboxylic acids is 1. The summed E-state index contributed by atoms with van der Waals surface area (Å²) < 4.78 is 0. The van der Waals surface area contributed by atoms with Gasteiger partial charge in [-0.05, 0) is 30.9 Å². The van der Waals surface area contributed by atoms with Gasteiger partial charge in [-0.15, -0.1) is 0 Å². The molecule has 2 N–H and O–H groups in total. The summed E-state index contributed by atoms with van der Waals surface area (Å²) >= 11 is 0. The molecule has 6 heteroatoms. The first-order valence-electron chi connectivity index (χ1n) is 7.06. The van der Waals surface area contributed by atoms with Gasteiger partial charge in [-0.2, -0.15) is 0 Å². The van der Waals surface area contributed by atoms with Crippen molar-refractivity contribution in [1.82, 2.24) is 4.90 Å². The highest BCUT2D eigenvalue weighted by atomic mass is 16.4. The predicted octanol–water partition coefficient (Wildman–Crippen LogP) is 1.40. The van der Waals surface area contributed by atoms with Gasteiger partial charge in [0, 0.05) is 25.4 Å². The van der Waals surface area contributed by atoms with E-state index in [1.54, 1.807) is 29.2 Å². The molecule has 1 unspecified atom stereocenters. The number of carboxylic acid groups (broad SMARTS) is 1. The van der Waals surface area contributed by atoms with Gasteiger partial charge in [-0.1, -0.05) is 18.2 Å². The third kappa shape index (κ3) is 3.95. The van der Waals surface area contributed by atoms with Crippen molar-refractivity contribution in [3.05, 3.63) is 30.3 Å². The molecule has 0 bridgehead atoms. The molecule has 1 saturated heterocycles. The number of carbonyl (C=O) groups is 2. The summed E-state index contributed by atoms with van der Waals surface area (Å²) in [6.45, 7) is 0.934. The van der Waals surface area contributed by atoms with Crippen LogP contribution in [0.4, 0.5) is 10.5 Å². The van der Waals surface area contributed by atoms with Crippen LogP contribution in [0.5, 0.6) is 0 Å². The highest BCUT2D eigenvalue weighted by Crippen LogP contribution is 2.23. The highest BCUT2D eigenvalue weighted by molar-refractivity contribution is 5.96. The van der Waals surface area contributed by atoms with Gasteiger partial charge in [0.1, 0.15) is 6.54 Å². The van der Waals surface area contributed by atoms with Crippen LogP contribution >= 0.6 is 0 Å². The molecule has 0 aromatic heterocycles. The lowest BCUT2D eigenvalue weighted by atomic mass is 10.1. The second-order valence-electron chi connectivity index (χ2n) is 5.21. The fourth-order valence-electron chi connectivity index (χ4n) is 2.61. The summed E-state index contributed by atoms with van der Waals surface area (Å²) in [5.41, 5.74) is 0.579. The van der Waals surface area contributed by atoms with E-state index in [0.717, 1.165) is 6.42 Å². The Morgan fingerprint density at radius 3 is 2.62 bits per heavy atom. The van der Waals surface area contributed by atoms with E-state index in [0.29, 0.717) is 31.1 Å². The molecule has 1 aromatic rings. The quantitative estimate of drug-likeness (QED) is 0.859. The largest absolute Gasteiger partial charge is 0.480 e. The fraction of sp³-hybridized carbons (Fsp3) is 0.467. The number of aliphatic hydroxyl groups excluding tert-OH is 1. The lowest BCUT2D eigenvalue weighted by Crippen LogP contribution is -2.44. The lowest BCUT2D eigenvalue weighted by molar-refractivity contribution is -0.135. The number of amides is 2. The minimum absolute atomic E-state index is 0.115. The van der Waals surface area contributed by atoms with Crippen LogP contribution in [0, 0.1) is 5.92 Å². The molecule has 21 heavy (non-hydrogen) atoms. The summed E-state index contributed by atoms with van der Waals surface area (Å²) in [6.07, 6.45) is 1.52. The Hall–Kier alpha value is -2.08. The molecule has 1 fully saturated rings. The number of likely N-dealkylation sites (tertiary alicyclic amines) is 1. The first kappa shape index (κ1) is 15.3. The number of urea groups is 1. The minimum atomic E-state index is -1.04. The van der Waals surface area contributed by atoms with Gasteiger partial charge in [0.15, 0.2) is 0 Å². The van der Waals surface area contributed by atoms with Crippen LogP contribution in [0.1, 0.15) is 12.8 Å². The van der Waals surface area contributed by atoms with E-state index < -0.39 is 5.97 Å². The smallest absolute Gasteiger partial charge is 0.325 e. The fourth-order valence-corrected chi connectivity index (χ4v) is 2.61. The van der Waals surface area contributed by atoms with Crippen LogP contribution < -0.4 is 4.90 Å². The number of nitrogens with zero attached hydrogens (tertiary/aromatic N) is 2. The van der Waals surface area contributed by atoms with Crippen molar-refractivity contribution in [2.45, 2.75) is 12.8 Å². The molecule has 0 saturated carbocycles. The van der Waals surface area contributed by atoms with Gasteiger partial charge < -0.3 is 15.1 Å². The predicted molar refractivity (Wildman–Crippen MR) is 78.2 cm³/mol. The van der Waals surface area contributed by atoms with E-state index in [1.807, 2.05) is 6.07 Å². The molecule has 1 heterocycles. The average molecular weight is 292 g/mol. The minimum Gasteiger partial charge on any atom is -0.480 e. The van der Waals surface area contributed by atoms with Gasteiger partial charge in [0.25, 0.3) is 0 Å². The Balaban J connectivity index is 2.10. The number of aliphatic hydroxyl groups is 1. The number of benzene rings is 1. The average Bonchev–Trinajstić information content (AvgIpc) is 2.94. The summed E-state index contributed by atoms with van der Waals surface area (Å²) in [5.74, 6) is -0.750. The molecule has 0 spiro atoms. The molecular weight excluding hydrogens is 272 g/mol. The topological polar surface area (TPSA) is 81.1 Å². The molecule has 2 rings (SSSR count). The van der Waals surface area contributed by atoms with Crippen molar-refractivity contribution < 1.29 is 19.8 Å². The Labute approximate surface area is 123 Å². The summed E-state index contributed by atoms with van der Waals surface area (Å²) in [4.78, 5) is 26.5. The monoisotopic (exact) mass is 292 g/mol. The molecule has 1 aliphatic heterocycles. The molecule has 1 aliphatic rings. The van der Waals surface area contributed by atoms with Gasteiger partial charge in [0.05, 0.1) is 0 Å². The Bertz CT molecular complexity index is 492. The summed E-state index contributed by atoms with van der Waals surface area (Å²) in [7, 11) is 0. The summed E-state index contributed by atoms with van der Waals surface area (Å²) in [5, 5.41) is 18.0. The van der Waals surface area contributed by atoms with Crippen molar-refractivity contribution in [2.75, 3.05) is 31.1 Å². The maximum Gasteiger partial charge on any atom is 0.325 e. The van der Waals surface area contributed by atoms with Crippen LogP contribution in [0.3, 0.4) is 0 Å². The second-order valence-corrected chi connectivity index (χ2v) is 5.21. The SMILES string of the molecule is O=C(O)CN(C(=O)N1CCC(CCO)C1)c1ccccc1. The molecule has 0 radical (unpaired) electrons. The van der Waals surface area contributed by atoms with Crippen LogP contribution in [0.15, 0.2) is 30.3 Å². The van der Waals surface area contributed by atoms with E-state index in [-0.39, 0.29) is 19.2 Å². The zero-order valence-corrected chi connectivity index (χ0v) is 11.8. The molecule has 114 valence electrons. The van der Waals surface area contributed by atoms with Gasteiger partial charge >= 0.3 is 12.0 Å². The number of carbonyl (C=O) groups excluding carboxylic acids is 1. The van der Waals surface area contributed by atoms with Crippen LogP contribution in [0.25, 0.3) is 0 Å². The number of aliphatic carboxylic acids is 1. The third-order valence-electron chi connectivity index (χ3n) is 3.69. The molecule has 1 atom stereocenters. The third-order valence-corrected chi connectivity index (χ3v) is 3.69. The first-order valence-corrected chi connectivity index (χ1v) is 7.06.